The number of allylic oxidation sites excluding steroid dienone is 4. The smallest absolute Gasteiger partial charge is 0.465 e. The van der Waals surface area contributed by atoms with E-state index in [2.05, 4.69) is 80.6 Å². The zero-order valence-electron chi connectivity index (χ0n) is 41.8. The molecule has 10 heteroatoms. The van der Waals surface area contributed by atoms with Crippen molar-refractivity contribution in [1.29, 1.82) is 0 Å². The van der Waals surface area contributed by atoms with Crippen LogP contribution in [0.25, 0.3) is 0 Å². The summed E-state index contributed by atoms with van der Waals surface area (Å²) in [4.78, 5) is 40.8. The summed E-state index contributed by atoms with van der Waals surface area (Å²) in [7, 11) is 0. The van der Waals surface area contributed by atoms with Crippen LogP contribution in [0.15, 0.2) is 24.3 Å². The maximum atomic E-state index is 13.0. The molecule has 0 bridgehead atoms. The highest BCUT2D eigenvalue weighted by molar-refractivity contribution is 5.69. The molecule has 0 N–H and O–H groups in total. The van der Waals surface area contributed by atoms with Gasteiger partial charge in [-0.25, -0.2) is 4.79 Å². The minimum Gasteiger partial charge on any atom is -0.465 e. The van der Waals surface area contributed by atoms with Gasteiger partial charge in [-0.15, -0.1) is 23.7 Å². The average Bonchev–Trinajstić information content (AvgIpc) is 3.32. The molecule has 1 fully saturated rings. The molecule has 1 rings (SSSR count). The Morgan fingerprint density at radius 3 is 1.72 bits per heavy atom. The molecule has 0 saturated carbocycles. The van der Waals surface area contributed by atoms with Crippen LogP contribution in [-0.2, 0) is 38.0 Å². The number of esters is 2. The van der Waals surface area contributed by atoms with Crippen molar-refractivity contribution in [2.45, 2.75) is 214 Å². The fourth-order valence-electron chi connectivity index (χ4n) is 7.35. The van der Waals surface area contributed by atoms with E-state index in [0.29, 0.717) is 45.5 Å². The zero-order chi connectivity index (χ0) is 47.1. The molecule has 0 aromatic rings. The fraction of sp³-hybridized carbons (Fsp3) is 0.800. The van der Waals surface area contributed by atoms with E-state index < -0.39 is 24.3 Å². The van der Waals surface area contributed by atoms with E-state index in [-0.39, 0.29) is 38.1 Å². The van der Waals surface area contributed by atoms with Crippen LogP contribution < -0.4 is 0 Å². The lowest BCUT2D eigenvalue weighted by molar-refractivity contribution is -0.159. The van der Waals surface area contributed by atoms with Gasteiger partial charge in [0.1, 0.15) is 19.8 Å². The number of carbonyl (C=O) groups excluding carboxylic acids is 3. The molecule has 0 aromatic carbocycles. The van der Waals surface area contributed by atoms with Gasteiger partial charge in [0, 0.05) is 51.0 Å². The second kappa shape index (κ2) is 45.8. The first kappa shape index (κ1) is 59.7. The molecule has 1 aliphatic rings. The first-order valence-corrected chi connectivity index (χ1v) is 26.2. The average molecular weight is 912 g/mol. The van der Waals surface area contributed by atoms with E-state index in [1.165, 1.54) is 64.2 Å². The topological polar surface area (TPSA) is 110 Å². The van der Waals surface area contributed by atoms with Gasteiger partial charge in [0.05, 0.1) is 32.2 Å². The van der Waals surface area contributed by atoms with Gasteiger partial charge < -0.3 is 33.3 Å². The molecule has 0 aromatic heterocycles. The number of hydrogen-bond donors (Lipinski definition) is 0. The minimum atomic E-state index is -0.772. The number of rotatable bonds is 40. The Balaban J connectivity index is 2.62. The number of unbranched alkanes of at least 4 members (excludes halogenated alkanes) is 16. The van der Waals surface area contributed by atoms with Gasteiger partial charge in [-0.3, -0.25) is 9.59 Å². The molecule has 10 nitrogen and oxygen atoms in total. The highest BCUT2D eigenvalue weighted by Gasteiger charge is 2.23. The maximum Gasteiger partial charge on any atom is 0.508 e. The Hall–Kier alpha value is -3.31. The summed E-state index contributed by atoms with van der Waals surface area (Å²) in [5.74, 6) is 11.8. The van der Waals surface area contributed by atoms with Gasteiger partial charge in [0.2, 0.25) is 0 Å². The van der Waals surface area contributed by atoms with Gasteiger partial charge in [0.25, 0.3) is 0 Å². The van der Waals surface area contributed by atoms with Crippen molar-refractivity contribution in [2.24, 2.45) is 11.8 Å². The highest BCUT2D eigenvalue weighted by Crippen LogP contribution is 2.17. The molecule has 0 aliphatic carbocycles. The second-order valence-electron chi connectivity index (χ2n) is 17.5. The Morgan fingerprint density at radius 2 is 1.11 bits per heavy atom. The third-order valence-corrected chi connectivity index (χ3v) is 11.4. The SMILES string of the molecule is CCCCC/C=C\C/C=C\CCCCCCCC(=O)OCC(COC(=O)CCC(OCCC#CCCCCCC)OCCC#CCCCCCC)COC(=O)OCC1CCCN(CC)C1. The van der Waals surface area contributed by atoms with Crippen molar-refractivity contribution in [3.8, 4) is 23.7 Å². The molecule has 1 heterocycles. The number of ether oxygens (including phenoxy) is 6. The van der Waals surface area contributed by atoms with E-state index in [0.717, 1.165) is 103 Å². The number of hydrogen-bond acceptors (Lipinski definition) is 10. The minimum absolute atomic E-state index is 0.0398. The fourth-order valence-corrected chi connectivity index (χ4v) is 7.35. The number of nitrogens with zero attached hydrogens (tertiary/aromatic N) is 1. The molecule has 372 valence electrons. The molecule has 1 saturated heterocycles. The summed E-state index contributed by atoms with van der Waals surface area (Å²) in [6, 6.07) is 0. The van der Waals surface area contributed by atoms with Crippen LogP contribution in [-0.4, -0.2) is 88.6 Å². The van der Waals surface area contributed by atoms with E-state index >= 15 is 0 Å². The molecule has 0 amide bonds. The quantitative estimate of drug-likeness (QED) is 0.0147. The van der Waals surface area contributed by atoms with Crippen LogP contribution >= 0.6 is 0 Å². The molecule has 2 unspecified atom stereocenters. The Labute approximate surface area is 397 Å². The van der Waals surface area contributed by atoms with Crippen LogP contribution in [0.3, 0.4) is 0 Å². The van der Waals surface area contributed by atoms with Gasteiger partial charge in [0.15, 0.2) is 6.29 Å². The summed E-state index contributed by atoms with van der Waals surface area (Å²) in [6.45, 7) is 12.6. The van der Waals surface area contributed by atoms with Crippen molar-refractivity contribution >= 4 is 18.1 Å². The Morgan fingerprint density at radius 1 is 0.585 bits per heavy atom. The van der Waals surface area contributed by atoms with E-state index in [9.17, 15) is 14.4 Å². The van der Waals surface area contributed by atoms with Crippen LogP contribution in [0.1, 0.15) is 207 Å². The molecule has 2 atom stereocenters. The predicted molar refractivity (Wildman–Crippen MR) is 264 cm³/mol. The Bertz CT molecular complexity index is 1310. The second-order valence-corrected chi connectivity index (χ2v) is 17.5. The Kier molecular flexibility index (Phi) is 42.1. The summed E-state index contributed by atoms with van der Waals surface area (Å²) in [5, 5.41) is 0. The number of piperidine rings is 1. The largest absolute Gasteiger partial charge is 0.508 e. The first-order valence-electron chi connectivity index (χ1n) is 26.2. The molecular formula is C55H93NO9. The van der Waals surface area contributed by atoms with Crippen LogP contribution in [0.5, 0.6) is 0 Å². The molecular weight excluding hydrogens is 819 g/mol. The third kappa shape index (κ3) is 39.6. The van der Waals surface area contributed by atoms with Crippen LogP contribution in [0.2, 0.25) is 0 Å². The van der Waals surface area contributed by atoms with E-state index in [4.69, 9.17) is 28.4 Å². The monoisotopic (exact) mass is 912 g/mol. The summed E-state index contributed by atoms with van der Waals surface area (Å²) in [6.07, 6.45) is 35.1. The van der Waals surface area contributed by atoms with Crippen molar-refractivity contribution in [2.75, 3.05) is 59.3 Å². The van der Waals surface area contributed by atoms with Crippen molar-refractivity contribution in [1.82, 2.24) is 4.90 Å². The molecule has 1 aliphatic heterocycles. The van der Waals surface area contributed by atoms with Gasteiger partial charge in [-0.05, 0) is 77.3 Å². The highest BCUT2D eigenvalue weighted by atomic mass is 16.7. The molecule has 0 radical (unpaired) electrons. The van der Waals surface area contributed by atoms with Crippen molar-refractivity contribution in [3.05, 3.63) is 24.3 Å². The van der Waals surface area contributed by atoms with Crippen LogP contribution in [0.4, 0.5) is 4.79 Å². The van der Waals surface area contributed by atoms with Gasteiger partial charge >= 0.3 is 18.1 Å². The van der Waals surface area contributed by atoms with E-state index in [1.807, 2.05) is 0 Å². The van der Waals surface area contributed by atoms with Crippen molar-refractivity contribution in [3.63, 3.8) is 0 Å². The standard InChI is InChI=1S/C55H93NO9/c1-5-9-12-15-18-21-22-23-24-25-26-27-28-31-34-39-52(57)62-47-51(49-65-55(59)64-46-50-38-37-42-56(8-4)45-50)48-63-53(58)40-41-54(60-43-35-32-29-19-16-13-10-6-2)61-44-36-33-30-20-17-14-11-7-3/h18,21,23-24,50-51,54H,5-17,19-20,22,25-28,31,34-49H2,1-4H3/b21-18-,24-23-. The van der Waals surface area contributed by atoms with Crippen molar-refractivity contribution < 1.29 is 42.8 Å². The zero-order valence-corrected chi connectivity index (χ0v) is 41.8. The van der Waals surface area contributed by atoms with E-state index in [1.54, 1.807) is 0 Å². The summed E-state index contributed by atoms with van der Waals surface area (Å²) in [5.41, 5.74) is 0. The lowest BCUT2D eigenvalue weighted by atomic mass is 9.99. The molecule has 65 heavy (non-hydrogen) atoms. The number of carbonyl (C=O) groups is 3. The lowest BCUT2D eigenvalue weighted by Gasteiger charge is -2.31. The number of likely N-dealkylation sites (tertiary alicyclic amines) is 1. The van der Waals surface area contributed by atoms with Crippen LogP contribution in [0, 0.1) is 35.5 Å². The normalized spacial score (nSPS) is 14.5. The summed E-state index contributed by atoms with van der Waals surface area (Å²) < 4.78 is 34.2. The lowest BCUT2D eigenvalue weighted by Crippen LogP contribution is -2.37. The third-order valence-electron chi connectivity index (χ3n) is 11.4. The predicted octanol–water partition coefficient (Wildman–Crippen LogP) is 13.3. The van der Waals surface area contributed by atoms with Gasteiger partial charge in [-0.1, -0.05) is 123 Å². The first-order chi connectivity index (χ1) is 31.9. The van der Waals surface area contributed by atoms with Gasteiger partial charge in [-0.2, -0.15) is 0 Å². The molecule has 0 spiro atoms. The maximum absolute atomic E-state index is 13.0. The summed E-state index contributed by atoms with van der Waals surface area (Å²) >= 11 is 0.